The number of piperidine rings is 1. The summed E-state index contributed by atoms with van der Waals surface area (Å²) in [7, 11) is 0. The molecule has 0 atom stereocenters. The van der Waals surface area contributed by atoms with Gasteiger partial charge in [-0.2, -0.15) is 0 Å². The Kier molecular flexibility index (Phi) is 10.7. The molecular formula is C14H30IN3O. The van der Waals surface area contributed by atoms with Crippen LogP contribution in [0.4, 0.5) is 0 Å². The van der Waals surface area contributed by atoms with Gasteiger partial charge in [-0.05, 0) is 45.4 Å². The Labute approximate surface area is 135 Å². The first kappa shape index (κ1) is 19.0. The Bertz CT molecular complexity index is 251. The van der Waals surface area contributed by atoms with Crippen molar-refractivity contribution in [3.05, 3.63) is 0 Å². The van der Waals surface area contributed by atoms with Gasteiger partial charge in [0.05, 0.1) is 6.10 Å². The van der Waals surface area contributed by atoms with E-state index < -0.39 is 0 Å². The highest BCUT2D eigenvalue weighted by Crippen LogP contribution is 2.15. The van der Waals surface area contributed by atoms with Crippen molar-refractivity contribution in [1.29, 1.82) is 0 Å². The lowest BCUT2D eigenvalue weighted by Crippen LogP contribution is -2.42. The maximum atomic E-state index is 6.00. The molecule has 0 spiro atoms. The Morgan fingerprint density at radius 2 is 1.95 bits per heavy atom. The molecule has 0 amide bonds. The first-order valence-corrected chi connectivity index (χ1v) is 7.26. The minimum atomic E-state index is 0. The van der Waals surface area contributed by atoms with E-state index in [0.717, 1.165) is 51.0 Å². The summed E-state index contributed by atoms with van der Waals surface area (Å²) in [5.41, 5.74) is 6.00. The van der Waals surface area contributed by atoms with Crippen LogP contribution < -0.4 is 5.73 Å². The molecule has 1 fully saturated rings. The molecule has 5 heteroatoms. The van der Waals surface area contributed by atoms with E-state index in [1.807, 2.05) is 0 Å². The molecule has 0 aliphatic carbocycles. The largest absolute Gasteiger partial charge is 0.379 e. The van der Waals surface area contributed by atoms with Gasteiger partial charge in [-0.25, -0.2) is 0 Å². The third-order valence-corrected chi connectivity index (χ3v) is 3.39. The molecule has 0 aromatic carbocycles. The van der Waals surface area contributed by atoms with Gasteiger partial charge in [0.2, 0.25) is 0 Å². The second-order valence-electron chi connectivity index (χ2n) is 5.54. The second kappa shape index (κ2) is 10.7. The Morgan fingerprint density at radius 3 is 2.53 bits per heavy atom. The molecule has 114 valence electrons. The van der Waals surface area contributed by atoms with Crippen LogP contribution in [-0.4, -0.2) is 43.2 Å². The van der Waals surface area contributed by atoms with Crippen LogP contribution >= 0.6 is 24.0 Å². The quantitative estimate of drug-likeness (QED) is 0.332. The number of hydrogen-bond donors (Lipinski definition) is 1. The van der Waals surface area contributed by atoms with Crippen molar-refractivity contribution in [1.82, 2.24) is 4.90 Å². The van der Waals surface area contributed by atoms with E-state index in [0.29, 0.717) is 6.10 Å². The van der Waals surface area contributed by atoms with Crippen LogP contribution in [0.1, 0.15) is 46.5 Å². The van der Waals surface area contributed by atoms with E-state index in [1.54, 1.807) is 0 Å². The topological polar surface area (TPSA) is 50.8 Å². The average Bonchev–Trinajstić information content (AvgIpc) is 2.34. The van der Waals surface area contributed by atoms with Gasteiger partial charge >= 0.3 is 0 Å². The average molecular weight is 383 g/mol. The molecule has 1 saturated heterocycles. The molecule has 0 aromatic heterocycles. The standard InChI is InChI=1S/C14H29N3O.HI/c1-12(2)18-11-5-4-8-16-14(15)17-9-6-13(3)7-10-17;/h12-13H,4-11H2,1-3H3,(H2,15,16);1H. The SMILES string of the molecule is CC1CCN(C(N)=NCCCCOC(C)C)CC1.I. The van der Waals surface area contributed by atoms with Crippen molar-refractivity contribution in [3.63, 3.8) is 0 Å². The van der Waals surface area contributed by atoms with Crippen LogP contribution in [0.15, 0.2) is 4.99 Å². The molecule has 1 aliphatic heterocycles. The molecule has 1 aliphatic rings. The third kappa shape index (κ3) is 8.68. The first-order valence-electron chi connectivity index (χ1n) is 7.26. The fourth-order valence-corrected chi connectivity index (χ4v) is 2.06. The minimum absolute atomic E-state index is 0. The van der Waals surface area contributed by atoms with Gasteiger partial charge < -0.3 is 15.4 Å². The summed E-state index contributed by atoms with van der Waals surface area (Å²) in [4.78, 5) is 6.67. The molecule has 1 heterocycles. The van der Waals surface area contributed by atoms with Crippen LogP contribution in [0.3, 0.4) is 0 Å². The van der Waals surface area contributed by atoms with Crippen molar-refractivity contribution in [2.75, 3.05) is 26.2 Å². The number of ether oxygens (including phenoxy) is 1. The number of aliphatic imine (C=N–C) groups is 1. The van der Waals surface area contributed by atoms with Crippen LogP contribution in [-0.2, 0) is 4.74 Å². The number of nitrogens with zero attached hydrogens (tertiary/aromatic N) is 2. The van der Waals surface area contributed by atoms with Crippen molar-refractivity contribution in [2.24, 2.45) is 16.6 Å². The van der Waals surface area contributed by atoms with Crippen LogP contribution in [0.2, 0.25) is 0 Å². The van der Waals surface area contributed by atoms with E-state index in [2.05, 4.69) is 30.7 Å². The van der Waals surface area contributed by atoms with E-state index in [1.165, 1.54) is 12.8 Å². The molecule has 19 heavy (non-hydrogen) atoms. The fourth-order valence-electron chi connectivity index (χ4n) is 2.06. The normalized spacial score (nSPS) is 17.7. The maximum Gasteiger partial charge on any atom is 0.191 e. The molecule has 2 N–H and O–H groups in total. The van der Waals surface area contributed by atoms with Gasteiger partial charge in [-0.15, -0.1) is 24.0 Å². The molecule has 0 saturated carbocycles. The lowest BCUT2D eigenvalue weighted by molar-refractivity contribution is 0.0763. The van der Waals surface area contributed by atoms with Gasteiger partial charge in [-0.1, -0.05) is 6.92 Å². The summed E-state index contributed by atoms with van der Waals surface area (Å²) >= 11 is 0. The Balaban J connectivity index is 0.00000324. The summed E-state index contributed by atoms with van der Waals surface area (Å²) < 4.78 is 5.49. The summed E-state index contributed by atoms with van der Waals surface area (Å²) in [5, 5.41) is 0. The van der Waals surface area contributed by atoms with Crippen molar-refractivity contribution in [3.8, 4) is 0 Å². The number of hydrogen-bond acceptors (Lipinski definition) is 2. The molecule has 0 bridgehead atoms. The first-order chi connectivity index (χ1) is 8.59. The van der Waals surface area contributed by atoms with Crippen LogP contribution in [0, 0.1) is 5.92 Å². The smallest absolute Gasteiger partial charge is 0.191 e. The highest BCUT2D eigenvalue weighted by atomic mass is 127. The Hall–Kier alpha value is -0.0400. The van der Waals surface area contributed by atoms with E-state index in [9.17, 15) is 0 Å². The maximum absolute atomic E-state index is 6.00. The highest BCUT2D eigenvalue weighted by Gasteiger charge is 2.16. The molecule has 1 rings (SSSR count). The van der Waals surface area contributed by atoms with Gasteiger partial charge in [0.1, 0.15) is 0 Å². The van der Waals surface area contributed by atoms with E-state index in [-0.39, 0.29) is 24.0 Å². The molecule has 4 nitrogen and oxygen atoms in total. The highest BCUT2D eigenvalue weighted by molar-refractivity contribution is 14.0. The Morgan fingerprint density at radius 1 is 1.32 bits per heavy atom. The number of halogens is 1. The third-order valence-electron chi connectivity index (χ3n) is 3.39. The number of unbranched alkanes of at least 4 members (excludes halogenated alkanes) is 1. The summed E-state index contributed by atoms with van der Waals surface area (Å²) in [6.07, 6.45) is 4.91. The molecule has 0 radical (unpaired) electrons. The second-order valence-corrected chi connectivity index (χ2v) is 5.54. The number of nitrogens with two attached hydrogens (primary N) is 1. The number of guanidine groups is 1. The van der Waals surface area contributed by atoms with Crippen molar-refractivity contribution >= 4 is 29.9 Å². The zero-order valence-electron chi connectivity index (χ0n) is 12.6. The van der Waals surface area contributed by atoms with Crippen LogP contribution in [0.25, 0.3) is 0 Å². The summed E-state index contributed by atoms with van der Waals surface area (Å²) in [5.74, 6) is 1.56. The zero-order valence-corrected chi connectivity index (χ0v) is 14.9. The van der Waals surface area contributed by atoms with Gasteiger partial charge in [-0.3, -0.25) is 4.99 Å². The van der Waals surface area contributed by atoms with Gasteiger partial charge in [0.15, 0.2) is 5.96 Å². The minimum Gasteiger partial charge on any atom is -0.379 e. The number of rotatable bonds is 6. The van der Waals surface area contributed by atoms with Crippen LogP contribution in [0.5, 0.6) is 0 Å². The fraction of sp³-hybridized carbons (Fsp3) is 0.929. The summed E-state index contributed by atoms with van der Waals surface area (Å²) in [6, 6.07) is 0. The van der Waals surface area contributed by atoms with Crippen molar-refractivity contribution < 1.29 is 4.74 Å². The summed E-state index contributed by atoms with van der Waals surface area (Å²) in [6.45, 7) is 10.2. The zero-order chi connectivity index (χ0) is 13.4. The van der Waals surface area contributed by atoms with E-state index in [4.69, 9.17) is 10.5 Å². The lowest BCUT2D eigenvalue weighted by Gasteiger charge is -2.31. The monoisotopic (exact) mass is 383 g/mol. The molecule has 0 unspecified atom stereocenters. The molecule has 0 aromatic rings. The van der Waals surface area contributed by atoms with Gasteiger partial charge in [0, 0.05) is 26.2 Å². The predicted octanol–water partition coefficient (Wildman–Crippen LogP) is 2.86. The van der Waals surface area contributed by atoms with Gasteiger partial charge in [0.25, 0.3) is 0 Å². The van der Waals surface area contributed by atoms with E-state index >= 15 is 0 Å². The lowest BCUT2D eigenvalue weighted by atomic mass is 10.00. The number of likely N-dealkylation sites (tertiary alicyclic amines) is 1. The predicted molar refractivity (Wildman–Crippen MR) is 92.2 cm³/mol. The van der Waals surface area contributed by atoms with Crippen molar-refractivity contribution in [2.45, 2.75) is 52.6 Å². The molecular weight excluding hydrogens is 353 g/mol.